The standard InChI is InChI=1S/C23H20F2N4OS/c1-15-22(31-21(27-15)13-16-5-7-17(24)8-6-16)23(30)29-11-9-28(10-12-29)20-4-2-3-19(25)18(20)14-26/h2-8H,9-13H2,1H3. The minimum atomic E-state index is -0.535. The quantitative estimate of drug-likeness (QED) is 0.614. The second kappa shape index (κ2) is 8.82. The summed E-state index contributed by atoms with van der Waals surface area (Å²) in [7, 11) is 0. The van der Waals surface area contributed by atoms with Crippen LogP contribution in [0.25, 0.3) is 0 Å². The number of anilines is 1. The monoisotopic (exact) mass is 438 g/mol. The van der Waals surface area contributed by atoms with Crippen molar-refractivity contribution in [3.05, 3.63) is 80.8 Å². The van der Waals surface area contributed by atoms with Gasteiger partial charge >= 0.3 is 0 Å². The number of nitrogens with zero attached hydrogens (tertiary/aromatic N) is 4. The average Bonchev–Trinajstić information content (AvgIpc) is 3.14. The van der Waals surface area contributed by atoms with Crippen LogP contribution < -0.4 is 4.90 Å². The van der Waals surface area contributed by atoms with Gasteiger partial charge in [0.2, 0.25) is 0 Å². The lowest BCUT2D eigenvalue weighted by Gasteiger charge is -2.36. The molecule has 31 heavy (non-hydrogen) atoms. The topological polar surface area (TPSA) is 60.2 Å². The SMILES string of the molecule is Cc1nc(Cc2ccc(F)cc2)sc1C(=O)N1CCN(c2cccc(F)c2C#N)CC1. The first-order valence-corrected chi connectivity index (χ1v) is 10.7. The van der Waals surface area contributed by atoms with Crippen molar-refractivity contribution in [2.24, 2.45) is 0 Å². The molecule has 0 saturated carbocycles. The molecule has 0 atom stereocenters. The van der Waals surface area contributed by atoms with Gasteiger partial charge in [0.15, 0.2) is 0 Å². The maximum absolute atomic E-state index is 13.9. The first-order valence-electron chi connectivity index (χ1n) is 9.90. The van der Waals surface area contributed by atoms with Gasteiger partial charge in [-0.25, -0.2) is 13.8 Å². The maximum atomic E-state index is 13.9. The van der Waals surface area contributed by atoms with E-state index in [9.17, 15) is 18.8 Å². The fourth-order valence-corrected chi connectivity index (χ4v) is 4.75. The van der Waals surface area contributed by atoms with Gasteiger partial charge in [-0.05, 0) is 36.8 Å². The summed E-state index contributed by atoms with van der Waals surface area (Å²) in [6.45, 7) is 3.81. The zero-order valence-electron chi connectivity index (χ0n) is 16.9. The summed E-state index contributed by atoms with van der Waals surface area (Å²) < 4.78 is 27.0. The molecule has 0 spiro atoms. The fraction of sp³-hybridized carbons (Fsp3) is 0.261. The highest BCUT2D eigenvalue weighted by Gasteiger charge is 2.27. The van der Waals surface area contributed by atoms with Crippen LogP contribution in [0.5, 0.6) is 0 Å². The number of halogens is 2. The van der Waals surface area contributed by atoms with Gasteiger partial charge < -0.3 is 9.80 Å². The summed E-state index contributed by atoms with van der Waals surface area (Å²) in [5.74, 6) is -0.888. The molecule has 0 unspecified atom stereocenters. The molecule has 0 bridgehead atoms. The third kappa shape index (κ3) is 4.42. The van der Waals surface area contributed by atoms with Gasteiger partial charge in [0.25, 0.3) is 5.91 Å². The van der Waals surface area contributed by atoms with Crippen molar-refractivity contribution in [3.63, 3.8) is 0 Å². The number of aromatic nitrogens is 1. The molecular weight excluding hydrogens is 418 g/mol. The van der Waals surface area contributed by atoms with Crippen LogP contribution in [0.4, 0.5) is 14.5 Å². The molecule has 158 valence electrons. The summed E-state index contributed by atoms with van der Waals surface area (Å²) in [6.07, 6.45) is 0.545. The summed E-state index contributed by atoms with van der Waals surface area (Å²) in [5, 5.41) is 10.1. The number of carbonyl (C=O) groups is 1. The highest BCUT2D eigenvalue weighted by atomic mass is 32.1. The van der Waals surface area contributed by atoms with Crippen molar-refractivity contribution in [1.29, 1.82) is 5.26 Å². The Morgan fingerprint density at radius 2 is 1.84 bits per heavy atom. The molecule has 1 fully saturated rings. The third-order valence-electron chi connectivity index (χ3n) is 5.31. The molecule has 1 aliphatic heterocycles. The van der Waals surface area contributed by atoms with Crippen molar-refractivity contribution < 1.29 is 13.6 Å². The van der Waals surface area contributed by atoms with Gasteiger partial charge in [-0.3, -0.25) is 4.79 Å². The molecule has 5 nitrogen and oxygen atoms in total. The molecule has 8 heteroatoms. The zero-order valence-corrected chi connectivity index (χ0v) is 17.8. The summed E-state index contributed by atoms with van der Waals surface area (Å²) in [6, 6.07) is 12.8. The average molecular weight is 439 g/mol. The van der Waals surface area contributed by atoms with E-state index in [4.69, 9.17) is 0 Å². The number of amides is 1. The first-order chi connectivity index (χ1) is 15.0. The molecule has 1 aliphatic rings. The van der Waals surface area contributed by atoms with E-state index in [1.807, 2.05) is 17.9 Å². The smallest absolute Gasteiger partial charge is 0.265 e. The number of piperazine rings is 1. The van der Waals surface area contributed by atoms with Crippen LogP contribution in [0, 0.1) is 29.9 Å². The number of nitriles is 1. The Bertz CT molecular complexity index is 1150. The van der Waals surface area contributed by atoms with Crippen molar-refractivity contribution in [2.75, 3.05) is 31.1 Å². The maximum Gasteiger partial charge on any atom is 0.265 e. The fourth-order valence-electron chi connectivity index (χ4n) is 3.68. The van der Waals surface area contributed by atoms with E-state index >= 15 is 0 Å². The van der Waals surface area contributed by atoms with Crippen LogP contribution in [-0.2, 0) is 6.42 Å². The molecule has 1 amide bonds. The van der Waals surface area contributed by atoms with Crippen molar-refractivity contribution >= 4 is 22.9 Å². The Morgan fingerprint density at radius 1 is 1.13 bits per heavy atom. The Balaban J connectivity index is 1.43. The number of hydrogen-bond acceptors (Lipinski definition) is 5. The van der Waals surface area contributed by atoms with Crippen LogP contribution in [0.15, 0.2) is 42.5 Å². The highest BCUT2D eigenvalue weighted by molar-refractivity contribution is 7.13. The molecule has 1 aromatic heterocycles. The zero-order chi connectivity index (χ0) is 22.0. The molecule has 0 aliphatic carbocycles. The van der Waals surface area contributed by atoms with Crippen molar-refractivity contribution in [2.45, 2.75) is 13.3 Å². The summed E-state index contributed by atoms with van der Waals surface area (Å²) in [4.78, 5) is 21.9. The normalized spacial score (nSPS) is 13.9. The Labute approximate surface area is 183 Å². The number of benzene rings is 2. The molecule has 2 heterocycles. The number of aryl methyl sites for hydroxylation is 1. The van der Waals surface area contributed by atoms with Gasteiger partial charge in [-0.15, -0.1) is 11.3 Å². The first kappa shape index (κ1) is 20.9. The Morgan fingerprint density at radius 3 is 2.52 bits per heavy atom. The number of thiazole rings is 1. The van der Waals surface area contributed by atoms with Gasteiger partial charge in [0.1, 0.15) is 28.1 Å². The van der Waals surface area contributed by atoms with Crippen molar-refractivity contribution in [3.8, 4) is 6.07 Å². The van der Waals surface area contributed by atoms with Gasteiger partial charge in [0, 0.05) is 32.6 Å². The van der Waals surface area contributed by atoms with Crippen molar-refractivity contribution in [1.82, 2.24) is 9.88 Å². The van der Waals surface area contributed by atoms with E-state index < -0.39 is 5.82 Å². The molecular formula is C23H20F2N4OS. The van der Waals surface area contributed by atoms with Crippen LogP contribution >= 0.6 is 11.3 Å². The number of hydrogen-bond donors (Lipinski definition) is 0. The predicted octanol–water partition coefficient (Wildman–Crippen LogP) is 4.15. The van der Waals surface area contributed by atoms with Gasteiger partial charge in [-0.1, -0.05) is 18.2 Å². The molecule has 0 radical (unpaired) electrons. The van der Waals surface area contributed by atoms with Gasteiger partial charge in [-0.2, -0.15) is 5.26 Å². The second-order valence-electron chi connectivity index (χ2n) is 7.35. The molecule has 0 N–H and O–H groups in total. The summed E-state index contributed by atoms with van der Waals surface area (Å²) >= 11 is 1.36. The van der Waals surface area contributed by atoms with Gasteiger partial charge in [0.05, 0.1) is 16.4 Å². The van der Waals surface area contributed by atoms with E-state index in [-0.39, 0.29) is 17.3 Å². The predicted molar refractivity (Wildman–Crippen MR) is 115 cm³/mol. The summed E-state index contributed by atoms with van der Waals surface area (Å²) in [5.41, 5.74) is 2.22. The van der Waals surface area contributed by atoms with Crippen LogP contribution in [0.2, 0.25) is 0 Å². The van der Waals surface area contributed by atoms with Crippen LogP contribution in [0.3, 0.4) is 0 Å². The number of rotatable bonds is 4. The lowest BCUT2D eigenvalue weighted by atomic mass is 10.1. The van der Waals surface area contributed by atoms with E-state index in [1.165, 1.54) is 29.5 Å². The number of carbonyl (C=O) groups excluding carboxylic acids is 1. The lowest BCUT2D eigenvalue weighted by Crippen LogP contribution is -2.49. The van der Waals surface area contributed by atoms with E-state index in [1.54, 1.807) is 29.2 Å². The molecule has 4 rings (SSSR count). The lowest BCUT2D eigenvalue weighted by molar-refractivity contribution is 0.0750. The molecule has 2 aromatic carbocycles. The minimum absolute atomic E-state index is 0.0333. The molecule has 1 saturated heterocycles. The largest absolute Gasteiger partial charge is 0.367 e. The highest BCUT2D eigenvalue weighted by Crippen LogP contribution is 2.26. The Kier molecular flexibility index (Phi) is 5.96. The Hall–Kier alpha value is -3.31. The molecule has 3 aromatic rings. The van der Waals surface area contributed by atoms with Crippen LogP contribution in [-0.4, -0.2) is 42.0 Å². The second-order valence-corrected chi connectivity index (χ2v) is 8.43. The van der Waals surface area contributed by atoms with E-state index in [0.717, 1.165) is 10.6 Å². The van der Waals surface area contributed by atoms with E-state index in [2.05, 4.69) is 4.98 Å². The minimum Gasteiger partial charge on any atom is -0.367 e. The van der Waals surface area contributed by atoms with E-state index in [0.29, 0.717) is 48.9 Å². The third-order valence-corrected chi connectivity index (χ3v) is 6.46. The van der Waals surface area contributed by atoms with Crippen LogP contribution in [0.1, 0.15) is 31.5 Å².